The molecule has 3 N–H and O–H groups in total. The van der Waals surface area contributed by atoms with E-state index in [2.05, 4.69) is 15.4 Å². The van der Waals surface area contributed by atoms with Gasteiger partial charge in [0.15, 0.2) is 0 Å². The Morgan fingerprint density at radius 1 is 0.964 bits per heavy atom. The molecule has 0 aliphatic carbocycles. The zero-order valence-corrected chi connectivity index (χ0v) is 16.7. The van der Waals surface area contributed by atoms with Crippen molar-refractivity contribution in [2.45, 2.75) is 6.92 Å². The van der Waals surface area contributed by atoms with Gasteiger partial charge in [0.25, 0.3) is 11.8 Å². The number of carbonyl (C=O) groups is 2. The Morgan fingerprint density at radius 3 is 2.29 bits per heavy atom. The van der Waals surface area contributed by atoms with Crippen molar-refractivity contribution < 1.29 is 22.7 Å². The number of nitrogens with one attached hydrogen (secondary N) is 3. The SMILES string of the molecule is COCCNC(=O)c1ccccc1NC(=O)c1cccc(NS(C)(=O)=O)c1C. The van der Waals surface area contributed by atoms with Crippen LogP contribution >= 0.6 is 0 Å². The van der Waals surface area contributed by atoms with Gasteiger partial charge in [-0.25, -0.2) is 8.42 Å². The minimum atomic E-state index is -3.47. The molecule has 0 aliphatic rings. The number of sulfonamides is 1. The van der Waals surface area contributed by atoms with E-state index in [0.29, 0.717) is 41.2 Å². The van der Waals surface area contributed by atoms with Crippen LogP contribution in [0.25, 0.3) is 0 Å². The minimum Gasteiger partial charge on any atom is -0.383 e. The van der Waals surface area contributed by atoms with Crippen LogP contribution in [0.3, 0.4) is 0 Å². The largest absolute Gasteiger partial charge is 0.383 e. The summed E-state index contributed by atoms with van der Waals surface area (Å²) in [5.41, 5.74) is 1.76. The minimum absolute atomic E-state index is 0.295. The Labute approximate surface area is 164 Å². The molecule has 0 saturated heterocycles. The average molecular weight is 405 g/mol. The number of para-hydroxylation sites is 1. The summed E-state index contributed by atoms with van der Waals surface area (Å²) < 4.78 is 30.3. The van der Waals surface area contributed by atoms with Crippen molar-refractivity contribution in [3.63, 3.8) is 0 Å². The highest BCUT2D eigenvalue weighted by atomic mass is 32.2. The summed E-state index contributed by atoms with van der Waals surface area (Å²) >= 11 is 0. The van der Waals surface area contributed by atoms with E-state index in [0.717, 1.165) is 6.26 Å². The van der Waals surface area contributed by atoms with Crippen molar-refractivity contribution in [1.29, 1.82) is 0 Å². The summed E-state index contributed by atoms with van der Waals surface area (Å²) in [6, 6.07) is 11.4. The van der Waals surface area contributed by atoms with Gasteiger partial charge in [-0.2, -0.15) is 0 Å². The number of hydrogen-bond acceptors (Lipinski definition) is 5. The van der Waals surface area contributed by atoms with Crippen LogP contribution in [0, 0.1) is 6.92 Å². The van der Waals surface area contributed by atoms with Gasteiger partial charge in [-0.1, -0.05) is 18.2 Å². The topological polar surface area (TPSA) is 114 Å². The highest BCUT2D eigenvalue weighted by molar-refractivity contribution is 7.92. The van der Waals surface area contributed by atoms with Crippen LogP contribution in [0.2, 0.25) is 0 Å². The molecule has 0 fully saturated rings. The zero-order valence-electron chi connectivity index (χ0n) is 15.9. The molecule has 0 atom stereocenters. The van der Waals surface area contributed by atoms with E-state index in [9.17, 15) is 18.0 Å². The zero-order chi connectivity index (χ0) is 20.7. The molecule has 2 rings (SSSR count). The number of anilines is 2. The summed E-state index contributed by atoms with van der Waals surface area (Å²) in [5.74, 6) is -0.788. The highest BCUT2D eigenvalue weighted by Crippen LogP contribution is 2.22. The number of amides is 2. The van der Waals surface area contributed by atoms with Crippen LogP contribution in [-0.2, 0) is 14.8 Å². The highest BCUT2D eigenvalue weighted by Gasteiger charge is 2.17. The first-order valence-corrected chi connectivity index (χ1v) is 10.4. The van der Waals surface area contributed by atoms with Gasteiger partial charge in [0.1, 0.15) is 0 Å². The Bertz CT molecular complexity index is 973. The third-order valence-corrected chi connectivity index (χ3v) is 4.48. The molecule has 0 heterocycles. The van der Waals surface area contributed by atoms with Crippen LogP contribution in [-0.4, -0.2) is 46.7 Å². The van der Waals surface area contributed by atoms with Crippen LogP contribution in [0.15, 0.2) is 42.5 Å². The second-order valence-electron chi connectivity index (χ2n) is 6.10. The molecule has 28 heavy (non-hydrogen) atoms. The smallest absolute Gasteiger partial charge is 0.256 e. The molecule has 0 unspecified atom stereocenters. The monoisotopic (exact) mass is 405 g/mol. The van der Waals surface area contributed by atoms with E-state index >= 15 is 0 Å². The van der Waals surface area contributed by atoms with Gasteiger partial charge in [-0.3, -0.25) is 14.3 Å². The van der Waals surface area contributed by atoms with E-state index in [1.807, 2.05) is 0 Å². The number of rotatable bonds is 8. The van der Waals surface area contributed by atoms with Gasteiger partial charge < -0.3 is 15.4 Å². The van der Waals surface area contributed by atoms with Crippen LogP contribution in [0.5, 0.6) is 0 Å². The fraction of sp³-hybridized carbons (Fsp3) is 0.263. The number of carbonyl (C=O) groups excluding carboxylic acids is 2. The van der Waals surface area contributed by atoms with Gasteiger partial charge >= 0.3 is 0 Å². The van der Waals surface area contributed by atoms with Crippen molar-refractivity contribution >= 4 is 33.2 Å². The van der Waals surface area contributed by atoms with Crippen LogP contribution < -0.4 is 15.4 Å². The average Bonchev–Trinajstić information content (AvgIpc) is 2.63. The molecule has 0 saturated carbocycles. The lowest BCUT2D eigenvalue weighted by molar-refractivity contribution is 0.0938. The van der Waals surface area contributed by atoms with Crippen LogP contribution in [0.1, 0.15) is 26.3 Å². The van der Waals surface area contributed by atoms with Crippen molar-refractivity contribution in [2.24, 2.45) is 0 Å². The number of benzene rings is 2. The lowest BCUT2D eigenvalue weighted by Gasteiger charge is -2.14. The van der Waals surface area contributed by atoms with Crippen LogP contribution in [0.4, 0.5) is 11.4 Å². The standard InChI is InChI=1S/C19H23N3O5S/c1-13-14(8-6-10-16(13)22-28(3,25)26)19(24)21-17-9-5-4-7-15(17)18(23)20-11-12-27-2/h4-10,22H,11-12H2,1-3H3,(H,20,23)(H,21,24). The van der Waals surface area contributed by atoms with E-state index in [4.69, 9.17) is 4.74 Å². The fourth-order valence-corrected chi connectivity index (χ4v) is 3.15. The first-order valence-electron chi connectivity index (χ1n) is 8.48. The van der Waals surface area contributed by atoms with E-state index in [-0.39, 0.29) is 5.91 Å². The molecule has 2 aromatic rings. The number of ether oxygens (including phenoxy) is 1. The lowest BCUT2D eigenvalue weighted by Crippen LogP contribution is -2.28. The predicted octanol–water partition coefficient (Wildman–Crippen LogP) is 2.00. The molecule has 8 nitrogen and oxygen atoms in total. The predicted molar refractivity (Wildman–Crippen MR) is 108 cm³/mol. The summed E-state index contributed by atoms with van der Waals surface area (Å²) in [6.45, 7) is 2.36. The maximum Gasteiger partial charge on any atom is 0.256 e. The van der Waals surface area contributed by atoms with Gasteiger partial charge in [-0.05, 0) is 36.8 Å². The molecule has 0 radical (unpaired) electrons. The number of methoxy groups -OCH3 is 1. The van der Waals surface area contributed by atoms with Crippen molar-refractivity contribution in [2.75, 3.05) is 36.6 Å². The Morgan fingerprint density at radius 2 is 1.61 bits per heavy atom. The second kappa shape index (κ2) is 9.34. The molecule has 0 aliphatic heterocycles. The van der Waals surface area contributed by atoms with Crippen molar-refractivity contribution in [1.82, 2.24) is 5.32 Å². The van der Waals surface area contributed by atoms with Crippen molar-refractivity contribution in [3.05, 3.63) is 59.2 Å². The molecule has 0 spiro atoms. The fourth-order valence-electron chi connectivity index (χ4n) is 2.53. The molecule has 9 heteroatoms. The first-order chi connectivity index (χ1) is 13.2. The quantitative estimate of drug-likeness (QED) is 0.581. The third kappa shape index (κ3) is 5.80. The maximum atomic E-state index is 12.7. The van der Waals surface area contributed by atoms with E-state index in [1.54, 1.807) is 49.4 Å². The van der Waals surface area contributed by atoms with Gasteiger partial charge in [0.05, 0.1) is 29.8 Å². The summed E-state index contributed by atoms with van der Waals surface area (Å²) in [6.07, 6.45) is 1.04. The lowest BCUT2D eigenvalue weighted by atomic mass is 10.1. The molecule has 0 bridgehead atoms. The molecule has 2 amide bonds. The second-order valence-corrected chi connectivity index (χ2v) is 7.85. The number of hydrogen-bond donors (Lipinski definition) is 3. The summed E-state index contributed by atoms with van der Waals surface area (Å²) in [7, 11) is -1.94. The molecule has 2 aromatic carbocycles. The summed E-state index contributed by atoms with van der Waals surface area (Å²) in [4.78, 5) is 25.1. The van der Waals surface area contributed by atoms with Crippen molar-refractivity contribution in [3.8, 4) is 0 Å². The Balaban J connectivity index is 2.24. The normalized spacial score (nSPS) is 11.0. The summed E-state index contributed by atoms with van der Waals surface area (Å²) in [5, 5.41) is 5.43. The van der Waals surface area contributed by atoms with E-state index < -0.39 is 15.9 Å². The van der Waals surface area contributed by atoms with Gasteiger partial charge in [-0.15, -0.1) is 0 Å². The first kappa shape index (κ1) is 21.4. The Hall–Kier alpha value is -2.91. The Kier molecular flexibility index (Phi) is 7.13. The molecule has 150 valence electrons. The van der Waals surface area contributed by atoms with Gasteiger partial charge in [0.2, 0.25) is 10.0 Å². The third-order valence-electron chi connectivity index (χ3n) is 3.89. The van der Waals surface area contributed by atoms with Gasteiger partial charge in [0, 0.05) is 19.2 Å². The molecular weight excluding hydrogens is 382 g/mol. The molecule has 0 aromatic heterocycles. The maximum absolute atomic E-state index is 12.7. The van der Waals surface area contributed by atoms with E-state index in [1.165, 1.54) is 7.11 Å². The molecular formula is C19H23N3O5S.